The van der Waals surface area contributed by atoms with Gasteiger partial charge in [0.15, 0.2) is 5.16 Å². The van der Waals surface area contributed by atoms with Crippen molar-refractivity contribution in [1.82, 2.24) is 14.3 Å². The zero-order valence-electron chi connectivity index (χ0n) is 28.9. The number of esters is 1. The second kappa shape index (κ2) is 15.8. The summed E-state index contributed by atoms with van der Waals surface area (Å²) in [5, 5.41) is 0.792. The normalized spacial score (nSPS) is 12.9. The number of methoxy groups -OCH3 is 2. The molecule has 50 heavy (non-hydrogen) atoms. The van der Waals surface area contributed by atoms with E-state index in [1.807, 2.05) is 47.1 Å². The van der Waals surface area contributed by atoms with Crippen molar-refractivity contribution in [2.24, 2.45) is 0 Å². The van der Waals surface area contributed by atoms with Gasteiger partial charge in [-0.3, -0.25) is 9.36 Å². The summed E-state index contributed by atoms with van der Waals surface area (Å²) >= 11 is 7.29. The smallest absolute Gasteiger partial charge is 0.323 e. The molecular weight excluding hydrogens is 713 g/mol. The first-order chi connectivity index (χ1) is 23.4. The van der Waals surface area contributed by atoms with Crippen LogP contribution >= 0.6 is 23.4 Å². The first-order valence-electron chi connectivity index (χ1n) is 15.6. The maximum absolute atomic E-state index is 15.5. The van der Waals surface area contributed by atoms with Gasteiger partial charge in [-0.15, -0.1) is 0 Å². The predicted molar refractivity (Wildman–Crippen MR) is 188 cm³/mol. The molecule has 270 valence electrons. The maximum atomic E-state index is 15.5. The number of hydrogen-bond donors (Lipinski definition) is 1. The van der Waals surface area contributed by atoms with E-state index in [0.717, 1.165) is 36.6 Å². The van der Waals surface area contributed by atoms with E-state index in [1.54, 1.807) is 29.0 Å². The molecule has 1 heterocycles. The average Bonchev–Trinajstić information content (AvgIpc) is 3.48. The highest BCUT2D eigenvalue weighted by atomic mass is 35.5. The summed E-state index contributed by atoms with van der Waals surface area (Å²) in [5.41, 5.74) is 1.00. The third kappa shape index (κ3) is 9.21. The highest BCUT2D eigenvalue weighted by Crippen LogP contribution is 2.39. The van der Waals surface area contributed by atoms with E-state index >= 15 is 8.78 Å². The largest absolute Gasteiger partial charge is 0.495 e. The van der Waals surface area contributed by atoms with Gasteiger partial charge in [0.2, 0.25) is 10.0 Å². The first kappa shape index (κ1) is 39.2. The number of aromatic nitrogens is 2. The highest BCUT2D eigenvalue weighted by molar-refractivity contribution is 7.98. The molecule has 1 atom stereocenters. The van der Waals surface area contributed by atoms with E-state index in [-0.39, 0.29) is 17.7 Å². The second-order valence-corrected chi connectivity index (χ2v) is 16.3. The molecule has 0 saturated heterocycles. The van der Waals surface area contributed by atoms with Crippen LogP contribution in [0.1, 0.15) is 43.5 Å². The summed E-state index contributed by atoms with van der Waals surface area (Å²) in [4.78, 5) is 16.3. The number of ether oxygens (including phenoxy) is 2. The van der Waals surface area contributed by atoms with Crippen molar-refractivity contribution in [3.05, 3.63) is 100 Å². The van der Waals surface area contributed by atoms with Crippen LogP contribution in [0, 0.1) is 17.5 Å². The Morgan fingerprint density at radius 2 is 1.68 bits per heavy atom. The van der Waals surface area contributed by atoms with E-state index in [4.69, 9.17) is 21.1 Å². The summed E-state index contributed by atoms with van der Waals surface area (Å²) < 4.78 is 86.1. The van der Waals surface area contributed by atoms with Crippen molar-refractivity contribution < 1.29 is 40.3 Å². The molecule has 3 aromatic carbocycles. The third-order valence-electron chi connectivity index (χ3n) is 8.20. The minimum atomic E-state index is -4.51. The molecule has 0 bridgehead atoms. The maximum Gasteiger partial charge on any atom is 0.323 e. The van der Waals surface area contributed by atoms with Gasteiger partial charge in [0.1, 0.15) is 29.2 Å². The molecule has 0 spiro atoms. The molecule has 4 aromatic rings. The van der Waals surface area contributed by atoms with E-state index < -0.39 is 49.8 Å². The fourth-order valence-electron chi connectivity index (χ4n) is 5.32. The molecule has 0 aliphatic rings. The Morgan fingerprint density at radius 3 is 2.26 bits per heavy atom. The summed E-state index contributed by atoms with van der Waals surface area (Å²) in [5.74, 6) is -3.21. The van der Waals surface area contributed by atoms with Crippen molar-refractivity contribution >= 4 is 39.4 Å². The van der Waals surface area contributed by atoms with Gasteiger partial charge in [0, 0.05) is 22.4 Å². The fourth-order valence-corrected chi connectivity index (χ4v) is 7.76. The molecular formula is C35H41ClF3N4O5S2+. The van der Waals surface area contributed by atoms with Crippen molar-refractivity contribution in [3.63, 3.8) is 0 Å². The van der Waals surface area contributed by atoms with E-state index in [2.05, 4.69) is 9.71 Å². The van der Waals surface area contributed by atoms with Crippen molar-refractivity contribution in [3.8, 4) is 11.4 Å². The fraction of sp³-hybridized carbons (Fsp3) is 0.371. The zero-order valence-corrected chi connectivity index (χ0v) is 31.3. The number of quaternary nitrogens is 1. The summed E-state index contributed by atoms with van der Waals surface area (Å²) in [7, 11) is 4.01. The lowest BCUT2D eigenvalue weighted by Crippen LogP contribution is -2.43. The van der Waals surface area contributed by atoms with Crippen LogP contribution in [0.25, 0.3) is 5.69 Å². The second-order valence-electron chi connectivity index (χ2n) is 13.2. The lowest BCUT2D eigenvalue weighted by Gasteiger charge is -2.28. The topological polar surface area (TPSA) is 99.5 Å². The first-order valence-corrected chi connectivity index (χ1v) is 18.4. The predicted octanol–water partition coefficient (Wildman–Crippen LogP) is 6.88. The van der Waals surface area contributed by atoms with Gasteiger partial charge in [-0.25, -0.2) is 26.6 Å². The molecule has 0 radical (unpaired) electrons. The van der Waals surface area contributed by atoms with Crippen molar-refractivity contribution in [2.45, 2.75) is 54.0 Å². The number of hydrogen-bond acceptors (Lipinski definition) is 7. The third-order valence-corrected chi connectivity index (χ3v) is 10.9. The van der Waals surface area contributed by atoms with Crippen LogP contribution in [0.2, 0.25) is 5.02 Å². The number of carbonyl (C=O) groups excluding carboxylic acids is 1. The monoisotopic (exact) mass is 753 g/mol. The number of imidazole rings is 1. The Balaban J connectivity index is 1.64. The Labute approximate surface area is 300 Å². The Morgan fingerprint density at radius 1 is 1.04 bits per heavy atom. The number of nitrogens with zero attached hydrogens (tertiary/aromatic N) is 3. The van der Waals surface area contributed by atoms with Crippen LogP contribution in [0.4, 0.5) is 13.2 Å². The molecule has 1 N–H and O–H groups in total. The van der Waals surface area contributed by atoms with Crippen LogP contribution in [0.15, 0.2) is 70.8 Å². The molecule has 0 saturated carbocycles. The van der Waals surface area contributed by atoms with Crippen LogP contribution in [0.3, 0.4) is 0 Å². The van der Waals surface area contributed by atoms with E-state index in [0.29, 0.717) is 44.8 Å². The number of benzene rings is 3. The molecule has 9 nitrogen and oxygen atoms in total. The van der Waals surface area contributed by atoms with Gasteiger partial charge in [0.25, 0.3) is 0 Å². The standard InChI is InChI=1S/C35H41ClF3N4O5S2/c1-35(2,22-10-15-27(36)31(17-22)47-6)32-20-40-34(42(32)24-13-11-23(37)12-14-24)49-21-26-28(38)18-25(19-29(26)39)50(45,46)41-30(33(44)48-7)9-8-16-43(3,4)5/h10-15,17-20,30,41H,8-9,16,21H2,1-7H3/q+1. The van der Waals surface area contributed by atoms with Crippen LogP contribution in [-0.4, -0.2) is 76.4 Å². The Kier molecular flexibility index (Phi) is 12.4. The molecule has 0 fully saturated rings. The zero-order chi connectivity index (χ0) is 37.0. The van der Waals surface area contributed by atoms with Gasteiger partial charge >= 0.3 is 5.97 Å². The molecule has 1 aromatic heterocycles. The number of nitrogens with one attached hydrogen (secondary N) is 1. The highest BCUT2D eigenvalue weighted by Gasteiger charge is 2.32. The minimum absolute atomic E-state index is 0.131. The van der Waals surface area contributed by atoms with Crippen molar-refractivity contribution in [2.75, 3.05) is 41.9 Å². The number of halogens is 4. The van der Waals surface area contributed by atoms with Gasteiger partial charge in [-0.05, 0) is 66.9 Å². The molecule has 0 aliphatic heterocycles. The average molecular weight is 754 g/mol. The molecule has 1 unspecified atom stereocenters. The SMILES string of the molecule is COC(=O)C(CCC[N+](C)(C)C)NS(=O)(=O)c1cc(F)c(CSc2ncc(C(C)(C)c3ccc(Cl)c(OC)c3)n2-c2ccc(F)cc2)c(F)c1. The van der Waals surface area contributed by atoms with Crippen molar-refractivity contribution in [1.29, 1.82) is 0 Å². The van der Waals surface area contributed by atoms with Gasteiger partial charge in [-0.2, -0.15) is 4.72 Å². The van der Waals surface area contributed by atoms with E-state index in [1.165, 1.54) is 19.2 Å². The minimum Gasteiger partial charge on any atom is -0.495 e. The lowest BCUT2D eigenvalue weighted by molar-refractivity contribution is -0.870. The summed E-state index contributed by atoms with van der Waals surface area (Å²) in [6.45, 7) is 4.57. The van der Waals surface area contributed by atoms with E-state index in [9.17, 15) is 17.6 Å². The molecule has 0 aliphatic carbocycles. The number of thioether (sulfide) groups is 1. The number of sulfonamides is 1. The molecule has 4 rings (SSSR count). The van der Waals surface area contributed by atoms with Gasteiger partial charge < -0.3 is 14.0 Å². The molecule has 0 amide bonds. The van der Waals surface area contributed by atoms with Crippen LogP contribution in [0.5, 0.6) is 5.75 Å². The Hall–Kier alpha value is -3.56. The number of carbonyl (C=O) groups is 1. The molecule has 15 heteroatoms. The summed E-state index contributed by atoms with van der Waals surface area (Å²) in [6, 6.07) is 11.3. The van der Waals surface area contributed by atoms with Gasteiger partial charge in [0.05, 0.1) is 63.7 Å². The number of rotatable bonds is 15. The quantitative estimate of drug-likeness (QED) is 0.0804. The van der Waals surface area contributed by atoms with Crippen LogP contribution in [-0.2, 0) is 30.7 Å². The Bertz CT molecular complexity index is 1930. The van der Waals surface area contributed by atoms with Gasteiger partial charge in [-0.1, -0.05) is 43.3 Å². The lowest BCUT2D eigenvalue weighted by atomic mass is 9.81. The summed E-state index contributed by atoms with van der Waals surface area (Å²) in [6.07, 6.45) is 2.26. The van der Waals surface area contributed by atoms with Crippen LogP contribution < -0.4 is 9.46 Å².